The number of aryl methyl sites for hydroxylation is 1. The molecule has 1 aromatic heterocycles. The van der Waals surface area contributed by atoms with Crippen LogP contribution < -0.4 is 10.6 Å². The van der Waals surface area contributed by atoms with E-state index in [2.05, 4.69) is 15.6 Å². The molecule has 110 valence electrons. The number of carbonyl (C=O) groups is 1. The Hall–Kier alpha value is -1.62. The molecule has 5 nitrogen and oxygen atoms in total. The Morgan fingerprint density at radius 1 is 1.45 bits per heavy atom. The summed E-state index contributed by atoms with van der Waals surface area (Å²) in [5.41, 5.74) is 1.60. The molecule has 1 fully saturated rings. The van der Waals surface area contributed by atoms with Gasteiger partial charge in [-0.3, -0.25) is 4.98 Å². The molecule has 0 bridgehead atoms. The van der Waals surface area contributed by atoms with Crippen LogP contribution >= 0.6 is 0 Å². The molecule has 0 aromatic carbocycles. The molecule has 0 spiro atoms. The van der Waals surface area contributed by atoms with Crippen LogP contribution in [0.5, 0.6) is 0 Å². The van der Waals surface area contributed by atoms with Crippen LogP contribution in [0.4, 0.5) is 4.79 Å². The minimum atomic E-state index is -0.478. The van der Waals surface area contributed by atoms with Gasteiger partial charge >= 0.3 is 6.09 Å². The fourth-order valence-electron chi connectivity index (χ4n) is 2.29. The number of hydrogen-bond acceptors (Lipinski definition) is 4. The Balaban J connectivity index is 2.00. The molecule has 1 amide bonds. The van der Waals surface area contributed by atoms with Gasteiger partial charge in [-0.2, -0.15) is 0 Å². The van der Waals surface area contributed by atoms with Gasteiger partial charge in [-0.25, -0.2) is 4.79 Å². The molecule has 2 rings (SSSR count). The molecule has 1 aliphatic heterocycles. The molecule has 2 atom stereocenters. The summed E-state index contributed by atoms with van der Waals surface area (Å²) in [6.45, 7) is 8.45. The lowest BCUT2D eigenvalue weighted by Crippen LogP contribution is -2.41. The average molecular weight is 277 g/mol. The second-order valence-electron chi connectivity index (χ2n) is 6.23. The molecule has 1 aliphatic rings. The van der Waals surface area contributed by atoms with E-state index in [0.29, 0.717) is 0 Å². The number of hydrogen-bond donors (Lipinski definition) is 2. The van der Waals surface area contributed by atoms with Crippen molar-refractivity contribution in [3.63, 3.8) is 0 Å². The van der Waals surface area contributed by atoms with Gasteiger partial charge in [0.2, 0.25) is 0 Å². The molecular formula is C15H23N3O2. The van der Waals surface area contributed by atoms with Crippen LogP contribution in [0.1, 0.15) is 44.5 Å². The standard InChI is InChI=1S/C15H23N3O2/c1-10-5-6-11(17-9-10)13-12(7-8-16-13)18-14(19)20-15(2,3)4/h5-6,9,12-13,16H,7-8H2,1-4H3,(H,18,19)/t12-,13+/m1/s1. The highest BCUT2D eigenvalue weighted by Gasteiger charge is 2.31. The highest BCUT2D eigenvalue weighted by atomic mass is 16.6. The third kappa shape index (κ3) is 3.93. The average Bonchev–Trinajstić information content (AvgIpc) is 2.75. The Morgan fingerprint density at radius 2 is 2.20 bits per heavy atom. The smallest absolute Gasteiger partial charge is 0.407 e. The topological polar surface area (TPSA) is 63.2 Å². The minimum Gasteiger partial charge on any atom is -0.444 e. The summed E-state index contributed by atoms with van der Waals surface area (Å²) in [6, 6.07) is 4.10. The van der Waals surface area contributed by atoms with Crippen molar-refractivity contribution in [3.05, 3.63) is 29.6 Å². The first-order valence-electron chi connectivity index (χ1n) is 7.00. The quantitative estimate of drug-likeness (QED) is 0.871. The number of rotatable bonds is 2. The number of aromatic nitrogens is 1. The fourth-order valence-corrected chi connectivity index (χ4v) is 2.29. The summed E-state index contributed by atoms with van der Waals surface area (Å²) in [7, 11) is 0. The zero-order valence-electron chi connectivity index (χ0n) is 12.6. The number of pyridine rings is 1. The Morgan fingerprint density at radius 3 is 2.80 bits per heavy atom. The molecule has 2 heterocycles. The van der Waals surface area contributed by atoms with Crippen molar-refractivity contribution in [2.45, 2.75) is 51.8 Å². The predicted octanol–water partition coefficient (Wildman–Crippen LogP) is 2.32. The Labute approximate surface area is 120 Å². The summed E-state index contributed by atoms with van der Waals surface area (Å²) in [5, 5.41) is 6.31. The second kappa shape index (κ2) is 5.79. The molecule has 0 unspecified atom stereocenters. The first kappa shape index (κ1) is 14.8. The monoisotopic (exact) mass is 277 g/mol. The number of nitrogens with one attached hydrogen (secondary N) is 2. The van der Waals surface area contributed by atoms with Crippen molar-refractivity contribution in [1.82, 2.24) is 15.6 Å². The molecular weight excluding hydrogens is 254 g/mol. The molecule has 0 saturated carbocycles. The lowest BCUT2D eigenvalue weighted by atomic mass is 10.1. The number of alkyl carbamates (subject to hydrolysis) is 1. The summed E-state index contributed by atoms with van der Waals surface area (Å²) in [4.78, 5) is 16.3. The maximum absolute atomic E-state index is 11.9. The van der Waals surface area contributed by atoms with Crippen LogP contribution in [0.3, 0.4) is 0 Å². The summed E-state index contributed by atoms with van der Waals surface area (Å²) in [6.07, 6.45) is 2.35. The van der Waals surface area contributed by atoms with Gasteiger partial charge in [0.05, 0.1) is 17.8 Å². The van der Waals surface area contributed by atoms with Crippen molar-refractivity contribution < 1.29 is 9.53 Å². The number of amides is 1. The van der Waals surface area contributed by atoms with Crippen LogP contribution in [0.25, 0.3) is 0 Å². The third-order valence-corrected chi connectivity index (χ3v) is 3.18. The van der Waals surface area contributed by atoms with Crippen molar-refractivity contribution in [3.8, 4) is 0 Å². The van der Waals surface area contributed by atoms with Crippen molar-refractivity contribution in [1.29, 1.82) is 0 Å². The third-order valence-electron chi connectivity index (χ3n) is 3.18. The zero-order chi connectivity index (χ0) is 14.8. The highest BCUT2D eigenvalue weighted by Crippen LogP contribution is 2.22. The molecule has 1 aromatic rings. The van der Waals surface area contributed by atoms with Gasteiger partial charge in [0.1, 0.15) is 5.60 Å². The van der Waals surface area contributed by atoms with Crippen LogP contribution in [0.2, 0.25) is 0 Å². The number of nitrogens with zero attached hydrogens (tertiary/aromatic N) is 1. The van der Waals surface area contributed by atoms with Gasteiger partial charge in [0.15, 0.2) is 0 Å². The minimum absolute atomic E-state index is 0.0139. The zero-order valence-corrected chi connectivity index (χ0v) is 12.6. The van der Waals surface area contributed by atoms with E-state index in [-0.39, 0.29) is 18.2 Å². The summed E-state index contributed by atoms with van der Waals surface area (Å²) >= 11 is 0. The highest BCUT2D eigenvalue weighted by molar-refractivity contribution is 5.68. The van der Waals surface area contributed by atoms with E-state index in [0.717, 1.165) is 24.2 Å². The molecule has 0 radical (unpaired) electrons. The van der Waals surface area contributed by atoms with Gasteiger partial charge in [-0.1, -0.05) is 6.07 Å². The molecule has 2 N–H and O–H groups in total. The van der Waals surface area contributed by atoms with Crippen molar-refractivity contribution in [2.24, 2.45) is 0 Å². The van der Waals surface area contributed by atoms with Gasteiger partial charge in [0.25, 0.3) is 0 Å². The maximum atomic E-state index is 11.9. The predicted molar refractivity (Wildman–Crippen MR) is 77.5 cm³/mol. The van der Waals surface area contributed by atoms with Gasteiger partial charge in [-0.15, -0.1) is 0 Å². The van der Waals surface area contributed by atoms with E-state index < -0.39 is 5.60 Å². The van der Waals surface area contributed by atoms with Crippen molar-refractivity contribution >= 4 is 6.09 Å². The van der Waals surface area contributed by atoms with Gasteiger partial charge in [0, 0.05) is 6.20 Å². The SMILES string of the molecule is Cc1ccc([C@@H]2NCC[C@H]2NC(=O)OC(C)(C)C)nc1. The second-order valence-corrected chi connectivity index (χ2v) is 6.23. The lowest BCUT2D eigenvalue weighted by Gasteiger charge is -2.24. The molecule has 1 saturated heterocycles. The van der Waals surface area contributed by atoms with E-state index in [4.69, 9.17) is 4.74 Å². The maximum Gasteiger partial charge on any atom is 0.407 e. The normalized spacial score (nSPS) is 22.6. The van der Waals surface area contributed by atoms with Crippen LogP contribution in [-0.4, -0.2) is 29.3 Å². The first-order valence-corrected chi connectivity index (χ1v) is 7.00. The molecule has 0 aliphatic carbocycles. The lowest BCUT2D eigenvalue weighted by molar-refractivity contribution is 0.0500. The fraction of sp³-hybridized carbons (Fsp3) is 0.600. The van der Waals surface area contributed by atoms with Gasteiger partial charge in [-0.05, 0) is 52.3 Å². The summed E-state index contributed by atoms with van der Waals surface area (Å²) < 4.78 is 5.30. The van der Waals surface area contributed by atoms with Crippen LogP contribution in [-0.2, 0) is 4.74 Å². The Kier molecular flexibility index (Phi) is 4.28. The van der Waals surface area contributed by atoms with Crippen LogP contribution in [0.15, 0.2) is 18.3 Å². The van der Waals surface area contributed by atoms with Gasteiger partial charge < -0.3 is 15.4 Å². The van der Waals surface area contributed by atoms with E-state index in [1.165, 1.54) is 0 Å². The van der Waals surface area contributed by atoms with E-state index in [1.807, 2.05) is 46.0 Å². The van der Waals surface area contributed by atoms with E-state index in [1.54, 1.807) is 0 Å². The number of carbonyl (C=O) groups excluding carboxylic acids is 1. The number of ether oxygens (including phenoxy) is 1. The largest absolute Gasteiger partial charge is 0.444 e. The van der Waals surface area contributed by atoms with Crippen molar-refractivity contribution in [2.75, 3.05) is 6.54 Å². The Bertz CT molecular complexity index is 465. The molecule has 20 heavy (non-hydrogen) atoms. The summed E-state index contributed by atoms with van der Waals surface area (Å²) in [5.74, 6) is 0. The van der Waals surface area contributed by atoms with Crippen LogP contribution in [0, 0.1) is 6.92 Å². The van der Waals surface area contributed by atoms with E-state index >= 15 is 0 Å². The van der Waals surface area contributed by atoms with E-state index in [9.17, 15) is 4.79 Å². The molecule has 5 heteroatoms. The first-order chi connectivity index (χ1) is 9.35.